The molecule has 0 unspecified atom stereocenters. The van der Waals surface area contributed by atoms with Crippen LogP contribution >= 0.6 is 0 Å². The Hall–Kier alpha value is -2.23. The predicted octanol–water partition coefficient (Wildman–Crippen LogP) is 3.47. The predicted molar refractivity (Wildman–Crippen MR) is 71.0 cm³/mol. The molecule has 1 N–H and O–H groups in total. The van der Waals surface area contributed by atoms with Crippen molar-refractivity contribution in [2.24, 2.45) is 0 Å². The highest BCUT2D eigenvalue weighted by atomic mass is 19.1. The molecule has 98 valence electrons. The van der Waals surface area contributed by atoms with Crippen LogP contribution in [0.2, 0.25) is 0 Å². The van der Waals surface area contributed by atoms with Gasteiger partial charge in [0, 0.05) is 6.54 Å². The SMILES string of the molecule is Cc1cccc(F)c1NCc1ccc2c(c1)OCO2. The fourth-order valence-corrected chi connectivity index (χ4v) is 2.10. The Morgan fingerprint density at radius 1 is 1.16 bits per heavy atom. The minimum atomic E-state index is -0.235. The number of halogens is 1. The summed E-state index contributed by atoms with van der Waals surface area (Å²) in [5, 5.41) is 3.12. The maximum absolute atomic E-state index is 13.7. The highest BCUT2D eigenvalue weighted by Gasteiger charge is 2.13. The second-order valence-corrected chi connectivity index (χ2v) is 4.47. The van der Waals surface area contributed by atoms with Gasteiger partial charge in [0.25, 0.3) is 0 Å². The van der Waals surface area contributed by atoms with Gasteiger partial charge < -0.3 is 14.8 Å². The highest BCUT2D eigenvalue weighted by molar-refractivity contribution is 5.52. The van der Waals surface area contributed by atoms with E-state index >= 15 is 0 Å². The summed E-state index contributed by atoms with van der Waals surface area (Å²) in [5.74, 6) is 1.26. The quantitative estimate of drug-likeness (QED) is 0.915. The van der Waals surface area contributed by atoms with Crippen LogP contribution in [0.3, 0.4) is 0 Å². The van der Waals surface area contributed by atoms with Gasteiger partial charge in [0.05, 0.1) is 5.69 Å². The summed E-state index contributed by atoms with van der Waals surface area (Å²) in [6.45, 7) is 2.68. The van der Waals surface area contributed by atoms with Crippen LogP contribution in [0.1, 0.15) is 11.1 Å². The van der Waals surface area contributed by atoms with E-state index in [0.29, 0.717) is 12.2 Å². The smallest absolute Gasteiger partial charge is 0.231 e. The topological polar surface area (TPSA) is 30.5 Å². The molecular weight excluding hydrogens is 245 g/mol. The summed E-state index contributed by atoms with van der Waals surface area (Å²) in [7, 11) is 0. The molecule has 0 atom stereocenters. The normalized spacial score (nSPS) is 12.5. The van der Waals surface area contributed by atoms with E-state index < -0.39 is 0 Å². The minimum Gasteiger partial charge on any atom is -0.454 e. The van der Waals surface area contributed by atoms with Gasteiger partial charge in [-0.05, 0) is 36.2 Å². The molecule has 0 aliphatic carbocycles. The number of para-hydroxylation sites is 1. The van der Waals surface area contributed by atoms with Crippen molar-refractivity contribution >= 4 is 5.69 Å². The van der Waals surface area contributed by atoms with Crippen molar-refractivity contribution in [3.8, 4) is 11.5 Å². The molecule has 1 heterocycles. The lowest BCUT2D eigenvalue weighted by atomic mass is 10.1. The molecule has 1 aliphatic rings. The molecule has 0 saturated heterocycles. The molecule has 0 bridgehead atoms. The van der Waals surface area contributed by atoms with Crippen LogP contribution in [-0.2, 0) is 6.54 Å². The number of fused-ring (bicyclic) bond motifs is 1. The lowest BCUT2D eigenvalue weighted by molar-refractivity contribution is 0.174. The molecular formula is C15H14FNO2. The summed E-state index contributed by atoms with van der Waals surface area (Å²) in [6, 6.07) is 10.8. The van der Waals surface area contributed by atoms with Gasteiger partial charge in [-0.3, -0.25) is 0 Å². The van der Waals surface area contributed by atoms with Crippen LogP contribution < -0.4 is 14.8 Å². The van der Waals surface area contributed by atoms with E-state index in [2.05, 4.69) is 5.32 Å². The van der Waals surface area contributed by atoms with Crippen LogP contribution in [0.25, 0.3) is 0 Å². The Kier molecular flexibility index (Phi) is 2.99. The second kappa shape index (κ2) is 4.80. The number of ether oxygens (including phenoxy) is 2. The van der Waals surface area contributed by atoms with Crippen molar-refractivity contribution in [1.82, 2.24) is 0 Å². The third kappa shape index (κ3) is 2.34. The lowest BCUT2D eigenvalue weighted by Crippen LogP contribution is -2.03. The Morgan fingerprint density at radius 2 is 2.00 bits per heavy atom. The molecule has 0 radical (unpaired) electrons. The van der Waals surface area contributed by atoms with Gasteiger partial charge in [0.2, 0.25) is 6.79 Å². The molecule has 0 spiro atoms. The molecule has 2 aromatic carbocycles. The van der Waals surface area contributed by atoms with E-state index in [1.165, 1.54) is 6.07 Å². The van der Waals surface area contributed by atoms with Crippen molar-refractivity contribution in [3.63, 3.8) is 0 Å². The first-order valence-electron chi connectivity index (χ1n) is 6.11. The van der Waals surface area contributed by atoms with Crippen molar-refractivity contribution in [2.75, 3.05) is 12.1 Å². The number of benzene rings is 2. The Bertz CT molecular complexity index is 593. The first-order valence-corrected chi connectivity index (χ1v) is 6.11. The van der Waals surface area contributed by atoms with Gasteiger partial charge >= 0.3 is 0 Å². The maximum Gasteiger partial charge on any atom is 0.231 e. The van der Waals surface area contributed by atoms with Crippen molar-refractivity contribution in [1.29, 1.82) is 0 Å². The van der Waals surface area contributed by atoms with Crippen LogP contribution in [0, 0.1) is 12.7 Å². The van der Waals surface area contributed by atoms with Gasteiger partial charge in [0.15, 0.2) is 11.5 Å². The molecule has 2 aromatic rings. The summed E-state index contributed by atoms with van der Waals surface area (Å²) in [6.07, 6.45) is 0. The monoisotopic (exact) mass is 259 g/mol. The molecule has 0 aromatic heterocycles. The van der Waals surface area contributed by atoms with Crippen molar-refractivity contribution in [3.05, 3.63) is 53.3 Å². The molecule has 19 heavy (non-hydrogen) atoms. The Labute approximate surface area is 111 Å². The van der Waals surface area contributed by atoms with E-state index in [1.807, 2.05) is 31.2 Å². The third-order valence-electron chi connectivity index (χ3n) is 3.13. The van der Waals surface area contributed by atoms with Crippen LogP contribution in [-0.4, -0.2) is 6.79 Å². The zero-order valence-corrected chi connectivity index (χ0v) is 10.6. The number of nitrogens with one attached hydrogen (secondary N) is 1. The number of hydrogen-bond donors (Lipinski definition) is 1. The fourth-order valence-electron chi connectivity index (χ4n) is 2.10. The summed E-state index contributed by atoms with van der Waals surface area (Å²) >= 11 is 0. The first kappa shape index (κ1) is 11.8. The second-order valence-electron chi connectivity index (χ2n) is 4.47. The van der Waals surface area contributed by atoms with Crippen molar-refractivity contribution in [2.45, 2.75) is 13.5 Å². The number of hydrogen-bond acceptors (Lipinski definition) is 3. The van der Waals surface area contributed by atoms with Gasteiger partial charge in [-0.1, -0.05) is 18.2 Å². The lowest BCUT2D eigenvalue weighted by Gasteiger charge is -2.10. The fraction of sp³-hybridized carbons (Fsp3) is 0.200. The summed E-state index contributed by atoms with van der Waals surface area (Å²) < 4.78 is 24.2. The van der Waals surface area contributed by atoms with Gasteiger partial charge in [0.1, 0.15) is 5.82 Å². The maximum atomic E-state index is 13.7. The van der Waals surface area contributed by atoms with E-state index in [9.17, 15) is 4.39 Å². The van der Waals surface area contributed by atoms with E-state index in [-0.39, 0.29) is 12.6 Å². The standard InChI is InChI=1S/C15H14FNO2/c1-10-3-2-4-12(16)15(10)17-8-11-5-6-13-14(7-11)19-9-18-13/h2-7,17H,8-9H2,1H3. The third-order valence-corrected chi connectivity index (χ3v) is 3.13. The molecule has 3 nitrogen and oxygen atoms in total. The molecule has 4 heteroatoms. The van der Waals surface area contributed by atoms with E-state index in [4.69, 9.17) is 9.47 Å². The first-order chi connectivity index (χ1) is 9.24. The van der Waals surface area contributed by atoms with Gasteiger partial charge in [-0.25, -0.2) is 4.39 Å². The highest BCUT2D eigenvalue weighted by Crippen LogP contribution is 2.32. The van der Waals surface area contributed by atoms with Gasteiger partial charge in [-0.2, -0.15) is 0 Å². The molecule has 0 amide bonds. The van der Waals surface area contributed by atoms with Crippen LogP contribution in [0.5, 0.6) is 11.5 Å². The molecule has 1 aliphatic heterocycles. The van der Waals surface area contributed by atoms with Crippen LogP contribution in [0.4, 0.5) is 10.1 Å². The number of anilines is 1. The van der Waals surface area contributed by atoms with E-state index in [1.54, 1.807) is 6.07 Å². The average molecular weight is 259 g/mol. The zero-order valence-electron chi connectivity index (χ0n) is 10.6. The number of aryl methyl sites for hydroxylation is 1. The number of rotatable bonds is 3. The largest absolute Gasteiger partial charge is 0.454 e. The minimum absolute atomic E-state index is 0.235. The van der Waals surface area contributed by atoms with Gasteiger partial charge in [-0.15, -0.1) is 0 Å². The molecule has 0 fully saturated rings. The Morgan fingerprint density at radius 3 is 2.84 bits per heavy atom. The average Bonchev–Trinajstić information content (AvgIpc) is 2.85. The molecule has 0 saturated carbocycles. The van der Waals surface area contributed by atoms with Crippen LogP contribution in [0.15, 0.2) is 36.4 Å². The summed E-state index contributed by atoms with van der Waals surface area (Å²) in [4.78, 5) is 0. The van der Waals surface area contributed by atoms with Crippen molar-refractivity contribution < 1.29 is 13.9 Å². The Balaban J connectivity index is 1.76. The summed E-state index contributed by atoms with van der Waals surface area (Å²) in [5.41, 5.74) is 2.45. The van der Waals surface area contributed by atoms with E-state index in [0.717, 1.165) is 22.6 Å². The zero-order chi connectivity index (χ0) is 13.2. The molecule has 3 rings (SSSR count).